The molecule has 30 heavy (non-hydrogen) atoms. The zero-order chi connectivity index (χ0) is 21.9. The second kappa shape index (κ2) is 8.46. The van der Waals surface area contributed by atoms with Crippen molar-refractivity contribution in [3.8, 4) is 6.07 Å². The number of anilines is 1. The number of nitrogens with zero attached hydrogens (tertiary/aromatic N) is 3. The second-order valence-corrected chi connectivity index (χ2v) is 8.44. The number of alkyl halides is 1. The van der Waals surface area contributed by atoms with Crippen molar-refractivity contribution < 1.29 is 27.5 Å². The number of pyridine rings is 1. The number of carbonyl (C=O) groups excluding carboxylic acids is 1. The van der Waals surface area contributed by atoms with Gasteiger partial charge in [0, 0.05) is 13.1 Å². The highest BCUT2D eigenvalue weighted by Gasteiger charge is 2.37. The van der Waals surface area contributed by atoms with Gasteiger partial charge >= 0.3 is 5.97 Å². The van der Waals surface area contributed by atoms with Crippen LogP contribution in [0.15, 0.2) is 36.4 Å². The van der Waals surface area contributed by atoms with E-state index in [0.29, 0.717) is 5.56 Å². The van der Waals surface area contributed by atoms with Crippen LogP contribution in [0.2, 0.25) is 0 Å². The number of halogens is 1. The van der Waals surface area contributed by atoms with Crippen LogP contribution in [0.1, 0.15) is 27.2 Å². The SMILES string of the molecule is N#Cc1cc(C(=O)O)c(CF)nc1N1CC(C(=O)NS(=O)(=O)Cc2ccccc2)C1. The smallest absolute Gasteiger partial charge is 0.337 e. The lowest BCUT2D eigenvalue weighted by atomic mass is 9.98. The Labute approximate surface area is 171 Å². The first kappa shape index (κ1) is 21.2. The van der Waals surface area contributed by atoms with Crippen LogP contribution in [-0.2, 0) is 27.2 Å². The predicted molar refractivity (Wildman–Crippen MR) is 104 cm³/mol. The fraction of sp³-hybridized carbons (Fsp3) is 0.263. The molecule has 1 saturated heterocycles. The van der Waals surface area contributed by atoms with Crippen molar-refractivity contribution in [2.45, 2.75) is 12.4 Å². The third kappa shape index (κ3) is 4.55. The fourth-order valence-corrected chi connectivity index (χ4v) is 4.21. The summed E-state index contributed by atoms with van der Waals surface area (Å²) in [5.41, 5.74) is -0.261. The molecular formula is C19H17FN4O5S. The number of hydrogen-bond donors (Lipinski definition) is 2. The number of nitriles is 1. The van der Waals surface area contributed by atoms with E-state index in [1.807, 2.05) is 10.8 Å². The second-order valence-electron chi connectivity index (χ2n) is 6.72. The lowest BCUT2D eigenvalue weighted by Crippen LogP contribution is -2.55. The van der Waals surface area contributed by atoms with Gasteiger partial charge in [0.1, 0.15) is 18.6 Å². The van der Waals surface area contributed by atoms with Crippen LogP contribution < -0.4 is 9.62 Å². The summed E-state index contributed by atoms with van der Waals surface area (Å²) in [4.78, 5) is 28.9. The number of hydrogen-bond acceptors (Lipinski definition) is 7. The molecule has 0 bridgehead atoms. The predicted octanol–water partition coefficient (Wildman–Crippen LogP) is 1.20. The maximum atomic E-state index is 13.2. The summed E-state index contributed by atoms with van der Waals surface area (Å²) >= 11 is 0. The van der Waals surface area contributed by atoms with E-state index in [0.717, 1.165) is 6.07 Å². The van der Waals surface area contributed by atoms with Crippen molar-refractivity contribution in [1.82, 2.24) is 9.71 Å². The summed E-state index contributed by atoms with van der Waals surface area (Å²) in [6.45, 7) is -1.01. The first-order valence-corrected chi connectivity index (χ1v) is 10.5. The molecule has 3 rings (SSSR count). The molecule has 1 aliphatic rings. The molecule has 0 saturated carbocycles. The molecule has 2 heterocycles. The van der Waals surface area contributed by atoms with Crippen molar-refractivity contribution in [2.24, 2.45) is 5.92 Å². The topological polar surface area (TPSA) is 140 Å². The van der Waals surface area contributed by atoms with E-state index < -0.39 is 40.1 Å². The van der Waals surface area contributed by atoms with Crippen LogP contribution >= 0.6 is 0 Å². The van der Waals surface area contributed by atoms with Crippen molar-refractivity contribution in [3.05, 3.63) is 58.8 Å². The van der Waals surface area contributed by atoms with Gasteiger partial charge in [-0.3, -0.25) is 9.52 Å². The van der Waals surface area contributed by atoms with E-state index in [2.05, 4.69) is 4.98 Å². The number of carboxylic acids is 1. The Morgan fingerprint density at radius 1 is 1.30 bits per heavy atom. The van der Waals surface area contributed by atoms with Crippen molar-refractivity contribution in [1.29, 1.82) is 5.26 Å². The summed E-state index contributed by atoms with van der Waals surface area (Å²) in [6, 6.07) is 11.3. The maximum Gasteiger partial charge on any atom is 0.337 e. The maximum absolute atomic E-state index is 13.2. The Kier molecular flexibility index (Phi) is 5.98. The molecule has 0 aliphatic carbocycles. The molecule has 0 radical (unpaired) electrons. The highest BCUT2D eigenvalue weighted by atomic mass is 32.2. The van der Waals surface area contributed by atoms with Gasteiger partial charge in [-0.05, 0) is 11.6 Å². The largest absolute Gasteiger partial charge is 0.478 e. The molecule has 2 aromatic rings. The Morgan fingerprint density at radius 3 is 2.53 bits per heavy atom. The zero-order valence-electron chi connectivity index (χ0n) is 15.6. The number of nitrogens with one attached hydrogen (secondary N) is 1. The van der Waals surface area contributed by atoms with Crippen LogP contribution in [0.3, 0.4) is 0 Å². The van der Waals surface area contributed by atoms with Gasteiger partial charge in [0.25, 0.3) is 0 Å². The lowest BCUT2D eigenvalue weighted by molar-refractivity contribution is -0.123. The molecule has 0 atom stereocenters. The lowest BCUT2D eigenvalue weighted by Gasteiger charge is -2.39. The Bertz CT molecular complexity index is 1130. The molecule has 1 aromatic carbocycles. The number of carboxylic acid groups (broad SMARTS) is 1. The molecule has 9 nitrogen and oxygen atoms in total. The van der Waals surface area contributed by atoms with Crippen LogP contribution in [0.5, 0.6) is 0 Å². The average Bonchev–Trinajstić information content (AvgIpc) is 2.66. The average molecular weight is 432 g/mol. The molecule has 11 heteroatoms. The molecule has 0 spiro atoms. The first-order chi connectivity index (χ1) is 14.2. The van der Waals surface area contributed by atoms with Gasteiger partial charge < -0.3 is 10.0 Å². The fourth-order valence-electron chi connectivity index (χ4n) is 3.03. The van der Waals surface area contributed by atoms with E-state index in [9.17, 15) is 27.7 Å². The van der Waals surface area contributed by atoms with Crippen LogP contribution in [0, 0.1) is 17.2 Å². The number of benzene rings is 1. The van der Waals surface area contributed by atoms with E-state index in [1.54, 1.807) is 30.3 Å². The molecule has 1 fully saturated rings. The Morgan fingerprint density at radius 2 is 1.97 bits per heavy atom. The van der Waals surface area contributed by atoms with Gasteiger partial charge in [0.05, 0.1) is 28.5 Å². The number of carbonyl (C=O) groups is 2. The van der Waals surface area contributed by atoms with Gasteiger partial charge in [-0.1, -0.05) is 30.3 Å². The van der Waals surface area contributed by atoms with E-state index in [4.69, 9.17) is 5.11 Å². The van der Waals surface area contributed by atoms with E-state index >= 15 is 0 Å². The summed E-state index contributed by atoms with van der Waals surface area (Å²) in [5.74, 6) is -3.04. The van der Waals surface area contributed by atoms with Crippen LogP contribution in [0.4, 0.5) is 10.2 Å². The summed E-state index contributed by atoms with van der Waals surface area (Å²) in [5, 5.41) is 18.4. The van der Waals surface area contributed by atoms with Gasteiger partial charge in [-0.15, -0.1) is 0 Å². The van der Waals surface area contributed by atoms with Gasteiger partial charge in [-0.25, -0.2) is 22.6 Å². The Balaban J connectivity index is 1.67. The first-order valence-electron chi connectivity index (χ1n) is 8.80. The summed E-state index contributed by atoms with van der Waals surface area (Å²) < 4.78 is 39.6. The minimum atomic E-state index is -3.88. The van der Waals surface area contributed by atoms with E-state index in [-0.39, 0.29) is 35.9 Å². The summed E-state index contributed by atoms with van der Waals surface area (Å²) in [6.07, 6.45) is 0. The van der Waals surface area contributed by atoms with Crippen LogP contribution in [0.25, 0.3) is 0 Å². The molecule has 1 aliphatic heterocycles. The third-order valence-corrected chi connectivity index (χ3v) is 5.79. The number of sulfonamides is 1. The Hall–Kier alpha value is -3.52. The molecule has 2 N–H and O–H groups in total. The van der Waals surface area contributed by atoms with Gasteiger partial charge in [0.2, 0.25) is 15.9 Å². The molecule has 1 amide bonds. The monoisotopic (exact) mass is 432 g/mol. The molecular weight excluding hydrogens is 415 g/mol. The standard InChI is InChI=1S/C19H17FN4O5S/c20-7-16-15(19(26)27)6-13(8-21)17(22-16)24-9-14(10-24)18(25)23-30(28,29)11-12-4-2-1-3-5-12/h1-6,14H,7,9-11H2,(H,23,25)(H,26,27). The number of rotatable bonds is 7. The van der Waals surface area contributed by atoms with Gasteiger partial charge in [0.15, 0.2) is 0 Å². The normalized spacial score (nSPS) is 13.9. The highest BCUT2D eigenvalue weighted by Crippen LogP contribution is 2.28. The quantitative estimate of drug-likeness (QED) is 0.665. The zero-order valence-corrected chi connectivity index (χ0v) is 16.4. The molecule has 1 aromatic heterocycles. The van der Waals surface area contributed by atoms with E-state index in [1.165, 1.54) is 4.90 Å². The molecule has 0 unspecified atom stereocenters. The van der Waals surface area contributed by atoms with Crippen molar-refractivity contribution >= 4 is 27.7 Å². The minimum Gasteiger partial charge on any atom is -0.478 e. The number of aromatic carboxylic acids is 1. The van der Waals surface area contributed by atoms with Gasteiger partial charge in [-0.2, -0.15) is 5.26 Å². The van der Waals surface area contributed by atoms with Crippen molar-refractivity contribution in [2.75, 3.05) is 18.0 Å². The minimum absolute atomic E-state index is 0.0614. The number of aromatic nitrogens is 1. The van der Waals surface area contributed by atoms with Crippen LogP contribution in [-0.4, -0.2) is 43.5 Å². The third-order valence-electron chi connectivity index (χ3n) is 4.57. The van der Waals surface area contributed by atoms with Crippen molar-refractivity contribution in [3.63, 3.8) is 0 Å². The number of amides is 1. The molecule has 156 valence electrons. The summed E-state index contributed by atoms with van der Waals surface area (Å²) in [7, 11) is -3.88. The highest BCUT2D eigenvalue weighted by molar-refractivity contribution is 7.89.